The second kappa shape index (κ2) is 5.65. The van der Waals surface area contributed by atoms with Gasteiger partial charge in [-0.2, -0.15) is 0 Å². The van der Waals surface area contributed by atoms with Crippen molar-refractivity contribution in [2.45, 2.75) is 18.9 Å². The average molecular weight is 309 g/mol. The van der Waals surface area contributed by atoms with Crippen molar-refractivity contribution in [1.82, 2.24) is 0 Å². The van der Waals surface area contributed by atoms with Gasteiger partial charge in [-0.05, 0) is 53.8 Å². The van der Waals surface area contributed by atoms with E-state index in [0.29, 0.717) is 10.0 Å². The smallest absolute Gasteiger partial charge is 0.122 e. The monoisotopic (exact) mass is 308 g/mol. The van der Waals surface area contributed by atoms with Crippen molar-refractivity contribution in [2.75, 3.05) is 6.61 Å². The van der Waals surface area contributed by atoms with Gasteiger partial charge < -0.3 is 9.84 Å². The minimum atomic E-state index is -0.711. The molecule has 2 aromatic rings. The highest BCUT2D eigenvalue weighted by Crippen LogP contribution is 2.32. The maximum Gasteiger partial charge on any atom is 0.122 e. The number of aliphatic hydroxyl groups is 1. The molecule has 0 saturated heterocycles. The molecule has 4 heteroatoms. The van der Waals surface area contributed by atoms with Gasteiger partial charge in [-0.1, -0.05) is 35.3 Å². The summed E-state index contributed by atoms with van der Waals surface area (Å²) >= 11 is 11.9. The summed E-state index contributed by atoms with van der Waals surface area (Å²) in [5, 5.41) is 11.4. The molecule has 0 aromatic heterocycles. The van der Waals surface area contributed by atoms with E-state index in [1.54, 1.807) is 18.2 Å². The predicted octanol–water partition coefficient (Wildman–Crippen LogP) is 4.40. The van der Waals surface area contributed by atoms with Gasteiger partial charge in [-0.15, -0.1) is 0 Å². The number of rotatable bonds is 2. The molecule has 1 aliphatic heterocycles. The van der Waals surface area contributed by atoms with Crippen LogP contribution < -0.4 is 4.74 Å². The summed E-state index contributed by atoms with van der Waals surface area (Å²) in [4.78, 5) is 0. The summed E-state index contributed by atoms with van der Waals surface area (Å²) in [6.45, 7) is 0.766. The SMILES string of the molecule is OC(c1ccc(Cl)c(Cl)c1)c1ccc2c(c1)CCCO2. The zero-order valence-electron chi connectivity index (χ0n) is 10.8. The van der Waals surface area contributed by atoms with Crippen LogP contribution in [0.5, 0.6) is 5.75 Å². The first-order chi connectivity index (χ1) is 9.65. The highest BCUT2D eigenvalue weighted by atomic mass is 35.5. The Morgan fingerprint density at radius 3 is 2.55 bits per heavy atom. The molecule has 1 N–H and O–H groups in total. The highest BCUT2D eigenvalue weighted by molar-refractivity contribution is 6.42. The van der Waals surface area contributed by atoms with Crippen LogP contribution in [0.3, 0.4) is 0 Å². The zero-order valence-corrected chi connectivity index (χ0v) is 12.3. The summed E-state index contributed by atoms with van der Waals surface area (Å²) in [7, 11) is 0. The van der Waals surface area contributed by atoms with Gasteiger partial charge in [-0.3, -0.25) is 0 Å². The Labute approximate surface area is 127 Å². The number of halogens is 2. The van der Waals surface area contributed by atoms with E-state index in [2.05, 4.69) is 0 Å². The third kappa shape index (κ3) is 2.64. The molecule has 0 aliphatic carbocycles. The molecule has 3 rings (SSSR count). The summed E-state index contributed by atoms with van der Waals surface area (Å²) in [6, 6.07) is 11.0. The number of aryl methyl sites for hydroxylation is 1. The maximum atomic E-state index is 10.5. The molecule has 0 radical (unpaired) electrons. The number of benzene rings is 2. The Hall–Kier alpha value is -1.22. The first-order valence-corrected chi connectivity index (χ1v) is 7.29. The fourth-order valence-corrected chi connectivity index (χ4v) is 2.73. The van der Waals surface area contributed by atoms with Gasteiger partial charge in [-0.25, -0.2) is 0 Å². The van der Waals surface area contributed by atoms with Gasteiger partial charge in [0, 0.05) is 0 Å². The van der Waals surface area contributed by atoms with Crippen LogP contribution in [0.1, 0.15) is 29.2 Å². The van der Waals surface area contributed by atoms with Crippen LogP contribution in [-0.4, -0.2) is 11.7 Å². The van der Waals surface area contributed by atoms with Crippen molar-refractivity contribution >= 4 is 23.2 Å². The second-order valence-corrected chi connectivity index (χ2v) is 5.71. The van der Waals surface area contributed by atoms with Gasteiger partial charge in [0.2, 0.25) is 0 Å². The predicted molar refractivity (Wildman–Crippen MR) is 80.8 cm³/mol. The van der Waals surface area contributed by atoms with Gasteiger partial charge in [0.1, 0.15) is 11.9 Å². The lowest BCUT2D eigenvalue weighted by molar-refractivity contribution is 0.219. The molecule has 20 heavy (non-hydrogen) atoms. The molecule has 0 fully saturated rings. The first-order valence-electron chi connectivity index (χ1n) is 6.54. The molecule has 0 spiro atoms. The number of fused-ring (bicyclic) bond motifs is 1. The molecule has 2 aromatic carbocycles. The van der Waals surface area contributed by atoms with Gasteiger partial charge in [0.05, 0.1) is 16.7 Å². The lowest BCUT2D eigenvalue weighted by Gasteiger charge is -2.20. The summed E-state index contributed by atoms with van der Waals surface area (Å²) < 4.78 is 5.58. The van der Waals surface area contributed by atoms with Gasteiger partial charge in [0.15, 0.2) is 0 Å². The Morgan fingerprint density at radius 2 is 1.75 bits per heavy atom. The van der Waals surface area contributed by atoms with Crippen LogP contribution in [0.2, 0.25) is 10.0 Å². The van der Waals surface area contributed by atoms with Crippen LogP contribution in [0.25, 0.3) is 0 Å². The van der Waals surface area contributed by atoms with Gasteiger partial charge >= 0.3 is 0 Å². The Bertz CT molecular complexity index is 640. The number of ether oxygens (including phenoxy) is 1. The third-order valence-corrected chi connectivity index (χ3v) is 4.25. The second-order valence-electron chi connectivity index (χ2n) is 4.90. The fraction of sp³-hybridized carbons (Fsp3) is 0.250. The molecule has 1 atom stereocenters. The van der Waals surface area contributed by atoms with E-state index in [-0.39, 0.29) is 0 Å². The van der Waals surface area contributed by atoms with Crippen molar-refractivity contribution in [2.24, 2.45) is 0 Å². The van der Waals surface area contributed by atoms with E-state index >= 15 is 0 Å². The van der Waals surface area contributed by atoms with E-state index in [9.17, 15) is 5.11 Å². The Morgan fingerprint density at radius 1 is 1.00 bits per heavy atom. The Kier molecular flexibility index (Phi) is 3.88. The van der Waals surface area contributed by atoms with E-state index < -0.39 is 6.10 Å². The average Bonchev–Trinajstić information content (AvgIpc) is 2.49. The summed E-state index contributed by atoms with van der Waals surface area (Å²) in [5.74, 6) is 0.918. The molecule has 1 heterocycles. The molecular weight excluding hydrogens is 295 g/mol. The quantitative estimate of drug-likeness (QED) is 0.891. The lowest BCUT2D eigenvalue weighted by atomic mass is 9.97. The normalized spacial score (nSPS) is 15.3. The van der Waals surface area contributed by atoms with Gasteiger partial charge in [0.25, 0.3) is 0 Å². The van der Waals surface area contributed by atoms with Crippen LogP contribution >= 0.6 is 23.2 Å². The number of aliphatic hydroxyl groups excluding tert-OH is 1. The van der Waals surface area contributed by atoms with Crippen LogP contribution in [0, 0.1) is 0 Å². The standard InChI is InChI=1S/C16H14Cl2O2/c17-13-5-3-12(9-14(13)18)16(19)11-4-6-15-10(8-11)2-1-7-20-15/h3-6,8-9,16,19H,1-2,7H2. The van der Waals surface area contributed by atoms with Crippen molar-refractivity contribution in [1.29, 1.82) is 0 Å². The maximum absolute atomic E-state index is 10.5. The lowest BCUT2D eigenvalue weighted by Crippen LogP contribution is -2.09. The van der Waals surface area contributed by atoms with Crippen molar-refractivity contribution in [3.05, 3.63) is 63.1 Å². The van der Waals surface area contributed by atoms with E-state index in [0.717, 1.165) is 41.9 Å². The topological polar surface area (TPSA) is 29.5 Å². The first kappa shape index (κ1) is 13.7. The van der Waals surface area contributed by atoms with E-state index in [4.69, 9.17) is 27.9 Å². The number of hydrogen-bond acceptors (Lipinski definition) is 2. The van der Waals surface area contributed by atoms with Crippen molar-refractivity contribution in [3.8, 4) is 5.75 Å². The molecule has 1 aliphatic rings. The molecule has 0 amide bonds. The molecule has 104 valence electrons. The van der Waals surface area contributed by atoms with Crippen molar-refractivity contribution < 1.29 is 9.84 Å². The van der Waals surface area contributed by atoms with Crippen molar-refractivity contribution in [3.63, 3.8) is 0 Å². The van der Waals surface area contributed by atoms with E-state index in [1.165, 1.54) is 0 Å². The number of hydrogen-bond donors (Lipinski definition) is 1. The highest BCUT2D eigenvalue weighted by Gasteiger charge is 2.16. The molecule has 0 saturated carbocycles. The van der Waals surface area contributed by atoms with Crippen LogP contribution in [0.4, 0.5) is 0 Å². The Balaban J connectivity index is 1.93. The fourth-order valence-electron chi connectivity index (χ4n) is 2.43. The van der Waals surface area contributed by atoms with Crippen LogP contribution in [-0.2, 0) is 6.42 Å². The molecule has 2 nitrogen and oxygen atoms in total. The zero-order chi connectivity index (χ0) is 14.1. The largest absolute Gasteiger partial charge is 0.493 e. The summed E-state index contributed by atoms with van der Waals surface area (Å²) in [5.41, 5.74) is 2.72. The molecular formula is C16H14Cl2O2. The minimum absolute atomic E-state index is 0.449. The van der Waals surface area contributed by atoms with E-state index in [1.807, 2.05) is 18.2 Å². The minimum Gasteiger partial charge on any atom is -0.493 e. The molecule has 1 unspecified atom stereocenters. The third-order valence-electron chi connectivity index (χ3n) is 3.51. The summed E-state index contributed by atoms with van der Waals surface area (Å²) in [6.07, 6.45) is 1.29. The van der Waals surface area contributed by atoms with Crippen LogP contribution in [0.15, 0.2) is 36.4 Å². The molecule has 0 bridgehead atoms.